The molecule has 0 radical (unpaired) electrons. The number of quaternary nitrogens is 1. The predicted octanol–water partition coefficient (Wildman–Crippen LogP) is 13.6. The summed E-state index contributed by atoms with van der Waals surface area (Å²) in [5.41, 5.74) is 0. The molecule has 2 atom stereocenters. The molecular weight excluding hydrogens is 815 g/mol. The SMILES string of the molecule is CC/C=C\C/C=C\C/C=C\C/C=C\CCCCCCCCCCCCC(=O)OC(COC(=O)CCCCCCCCC/C=C\CCCCCCCC)COC(OCC[N+](C)(C)C)C(=O)[O-]. The number of aliphatic carboxylic acids is 1. The third kappa shape index (κ3) is 48.7. The molecule has 9 nitrogen and oxygen atoms in total. The van der Waals surface area contributed by atoms with Crippen molar-refractivity contribution in [2.75, 3.05) is 47.5 Å². The van der Waals surface area contributed by atoms with Crippen LogP contribution in [-0.2, 0) is 33.3 Å². The predicted molar refractivity (Wildman–Crippen MR) is 269 cm³/mol. The maximum Gasteiger partial charge on any atom is 0.306 e. The van der Waals surface area contributed by atoms with E-state index in [0.717, 1.165) is 83.5 Å². The molecule has 0 heterocycles. The van der Waals surface area contributed by atoms with E-state index in [1.807, 2.05) is 21.1 Å². The second-order valence-corrected chi connectivity index (χ2v) is 18.8. The fourth-order valence-electron chi connectivity index (χ4n) is 7.17. The zero-order valence-electron chi connectivity index (χ0n) is 42.6. The number of likely N-dealkylation sites (N-methyl/N-ethyl adjacent to an activating group) is 1. The van der Waals surface area contributed by atoms with Crippen molar-refractivity contribution in [3.8, 4) is 0 Å². The summed E-state index contributed by atoms with van der Waals surface area (Å²) in [4.78, 5) is 37.2. The molecule has 0 aliphatic rings. The van der Waals surface area contributed by atoms with E-state index in [1.54, 1.807) is 0 Å². The minimum Gasteiger partial charge on any atom is -0.545 e. The highest BCUT2D eigenvalue weighted by molar-refractivity contribution is 5.70. The Hall–Kier alpha value is -3.01. The lowest BCUT2D eigenvalue weighted by atomic mass is 10.0. The molecule has 0 spiro atoms. The van der Waals surface area contributed by atoms with E-state index in [0.29, 0.717) is 17.4 Å². The first-order chi connectivity index (χ1) is 31.6. The molecule has 0 aliphatic heterocycles. The van der Waals surface area contributed by atoms with Gasteiger partial charge in [-0.25, -0.2) is 0 Å². The molecule has 0 amide bonds. The number of esters is 2. The number of carboxylic acid groups (broad SMARTS) is 1. The van der Waals surface area contributed by atoms with Crippen molar-refractivity contribution < 1.29 is 42.9 Å². The molecule has 0 N–H and O–H groups in total. The number of allylic oxidation sites excluding steroid dienone is 10. The number of nitrogens with zero attached hydrogens (tertiary/aromatic N) is 1. The van der Waals surface area contributed by atoms with Crippen LogP contribution in [0, 0.1) is 0 Å². The van der Waals surface area contributed by atoms with E-state index in [4.69, 9.17) is 18.9 Å². The van der Waals surface area contributed by atoms with E-state index in [2.05, 4.69) is 74.6 Å². The lowest BCUT2D eigenvalue weighted by Gasteiger charge is -2.26. The number of carboxylic acids is 1. The van der Waals surface area contributed by atoms with Gasteiger partial charge < -0.3 is 33.3 Å². The van der Waals surface area contributed by atoms with Crippen LogP contribution < -0.4 is 5.11 Å². The number of ether oxygens (including phenoxy) is 4. The fraction of sp³-hybridized carbons (Fsp3) is 0.768. The van der Waals surface area contributed by atoms with Crippen molar-refractivity contribution in [3.63, 3.8) is 0 Å². The molecule has 376 valence electrons. The first kappa shape index (κ1) is 62.0. The van der Waals surface area contributed by atoms with Gasteiger partial charge in [-0.3, -0.25) is 9.59 Å². The number of carbonyl (C=O) groups is 3. The number of hydrogen-bond donors (Lipinski definition) is 0. The molecule has 0 bridgehead atoms. The smallest absolute Gasteiger partial charge is 0.306 e. The van der Waals surface area contributed by atoms with E-state index < -0.39 is 24.3 Å². The van der Waals surface area contributed by atoms with Crippen LogP contribution in [0.3, 0.4) is 0 Å². The van der Waals surface area contributed by atoms with Gasteiger partial charge >= 0.3 is 11.9 Å². The summed E-state index contributed by atoms with van der Waals surface area (Å²) in [5.74, 6) is -2.29. The van der Waals surface area contributed by atoms with E-state index >= 15 is 0 Å². The molecule has 0 aliphatic carbocycles. The van der Waals surface area contributed by atoms with Gasteiger partial charge in [0.2, 0.25) is 0 Å². The summed E-state index contributed by atoms with van der Waals surface area (Å²) in [7, 11) is 5.91. The average Bonchev–Trinajstić information content (AvgIpc) is 3.27. The van der Waals surface area contributed by atoms with Crippen molar-refractivity contribution >= 4 is 17.9 Å². The van der Waals surface area contributed by atoms with Gasteiger partial charge in [-0.05, 0) is 77.0 Å². The molecule has 0 aromatic carbocycles. The second-order valence-electron chi connectivity index (χ2n) is 18.8. The van der Waals surface area contributed by atoms with Crippen LogP contribution in [0.5, 0.6) is 0 Å². The quantitative estimate of drug-likeness (QED) is 0.0195. The monoisotopic (exact) mass is 914 g/mol. The van der Waals surface area contributed by atoms with Crippen LogP contribution in [0.25, 0.3) is 0 Å². The Kier molecular flexibility index (Phi) is 45.3. The van der Waals surface area contributed by atoms with Gasteiger partial charge in [-0.1, -0.05) is 190 Å². The minimum absolute atomic E-state index is 0.144. The number of carbonyl (C=O) groups excluding carboxylic acids is 3. The van der Waals surface area contributed by atoms with Crippen molar-refractivity contribution in [2.45, 2.75) is 232 Å². The Labute approximate surface area is 399 Å². The van der Waals surface area contributed by atoms with Gasteiger partial charge in [0.05, 0.1) is 40.3 Å². The second kappa shape index (κ2) is 47.5. The zero-order chi connectivity index (χ0) is 47.7. The molecule has 65 heavy (non-hydrogen) atoms. The summed E-state index contributed by atoms with van der Waals surface area (Å²) >= 11 is 0. The van der Waals surface area contributed by atoms with Crippen LogP contribution in [0.1, 0.15) is 219 Å². The standard InChI is InChI=1S/C56H99NO8/c1-6-8-10-12-14-16-18-20-22-24-25-26-27-28-29-31-33-35-37-39-41-43-45-47-54(59)65-52(51-64-56(55(60)61)62-49-48-57(3,4)5)50-63-53(58)46-44-42-40-38-36-34-32-30-23-21-19-17-15-13-11-9-7-2/h8,10,14,16,20-23,25-26,52,56H,6-7,9,11-13,15,17-19,24,27-51H2,1-5H3/b10-8-,16-14-,22-20-,23-21-,26-25-. The highest BCUT2D eigenvalue weighted by Crippen LogP contribution is 2.15. The van der Waals surface area contributed by atoms with Crippen molar-refractivity contribution in [2.24, 2.45) is 0 Å². The largest absolute Gasteiger partial charge is 0.545 e. The molecule has 0 saturated heterocycles. The highest BCUT2D eigenvalue weighted by atomic mass is 16.7. The molecule has 9 heteroatoms. The van der Waals surface area contributed by atoms with E-state index in [1.165, 1.54) is 103 Å². The number of hydrogen-bond acceptors (Lipinski definition) is 8. The fourth-order valence-corrected chi connectivity index (χ4v) is 7.17. The van der Waals surface area contributed by atoms with Crippen molar-refractivity contribution in [3.05, 3.63) is 60.8 Å². The molecule has 0 rings (SSSR count). The Balaban J connectivity index is 4.32. The summed E-state index contributed by atoms with van der Waals surface area (Å²) < 4.78 is 22.6. The maximum atomic E-state index is 12.8. The molecule has 0 fully saturated rings. The number of rotatable bonds is 48. The van der Waals surface area contributed by atoms with Gasteiger partial charge in [-0.2, -0.15) is 0 Å². The van der Waals surface area contributed by atoms with Crippen molar-refractivity contribution in [1.29, 1.82) is 0 Å². The summed E-state index contributed by atoms with van der Waals surface area (Å²) in [6.07, 6.45) is 55.4. The molecular formula is C56H99NO8. The highest BCUT2D eigenvalue weighted by Gasteiger charge is 2.22. The van der Waals surface area contributed by atoms with Crippen LogP contribution in [0.2, 0.25) is 0 Å². The van der Waals surface area contributed by atoms with Crippen LogP contribution in [0.4, 0.5) is 0 Å². The van der Waals surface area contributed by atoms with E-state index in [9.17, 15) is 19.5 Å². The molecule has 0 aromatic rings. The lowest BCUT2D eigenvalue weighted by molar-refractivity contribution is -0.870. The Morgan fingerprint density at radius 1 is 0.477 bits per heavy atom. The topological polar surface area (TPSA) is 111 Å². The van der Waals surface area contributed by atoms with Gasteiger partial charge in [0.25, 0.3) is 0 Å². The zero-order valence-corrected chi connectivity index (χ0v) is 42.6. The normalized spacial score (nSPS) is 13.3. The third-order valence-electron chi connectivity index (χ3n) is 11.2. The molecule has 2 unspecified atom stereocenters. The van der Waals surface area contributed by atoms with Gasteiger partial charge in [0, 0.05) is 12.8 Å². The average molecular weight is 914 g/mol. The summed E-state index contributed by atoms with van der Waals surface area (Å²) in [6.45, 7) is 4.63. The number of unbranched alkanes of at least 4 members (excludes halogenated alkanes) is 23. The van der Waals surface area contributed by atoms with Gasteiger partial charge in [0.1, 0.15) is 13.2 Å². The summed E-state index contributed by atoms with van der Waals surface area (Å²) in [5, 5.41) is 11.7. The Morgan fingerprint density at radius 2 is 0.877 bits per heavy atom. The molecule has 0 saturated carbocycles. The van der Waals surface area contributed by atoms with Crippen LogP contribution in [-0.4, -0.2) is 82.3 Å². The molecule has 0 aromatic heterocycles. The maximum absolute atomic E-state index is 12.8. The van der Waals surface area contributed by atoms with Crippen LogP contribution in [0.15, 0.2) is 60.8 Å². The van der Waals surface area contributed by atoms with Gasteiger partial charge in [-0.15, -0.1) is 0 Å². The minimum atomic E-state index is -1.62. The first-order valence-corrected chi connectivity index (χ1v) is 26.4. The van der Waals surface area contributed by atoms with Gasteiger partial charge in [0.15, 0.2) is 12.4 Å². The summed E-state index contributed by atoms with van der Waals surface area (Å²) in [6, 6.07) is 0. The first-order valence-electron chi connectivity index (χ1n) is 26.4. The van der Waals surface area contributed by atoms with E-state index in [-0.39, 0.29) is 38.6 Å². The Bertz CT molecular complexity index is 1250. The third-order valence-corrected chi connectivity index (χ3v) is 11.2. The Morgan fingerprint density at radius 3 is 1.32 bits per heavy atom. The van der Waals surface area contributed by atoms with Crippen molar-refractivity contribution in [1.82, 2.24) is 0 Å². The lowest BCUT2D eigenvalue weighted by Crippen LogP contribution is -2.44. The van der Waals surface area contributed by atoms with Crippen LogP contribution >= 0.6 is 0 Å².